The van der Waals surface area contributed by atoms with Crippen LogP contribution in [0, 0.1) is 11.8 Å². The molecule has 37 heavy (non-hydrogen) atoms. The van der Waals surface area contributed by atoms with Gasteiger partial charge in [0.05, 0.1) is 23.9 Å². The molecule has 0 aliphatic carbocycles. The summed E-state index contributed by atoms with van der Waals surface area (Å²) in [5.41, 5.74) is 2.14. The van der Waals surface area contributed by atoms with Gasteiger partial charge in [-0.05, 0) is 57.6 Å². The molecule has 8 nitrogen and oxygen atoms in total. The molecule has 0 radical (unpaired) electrons. The van der Waals surface area contributed by atoms with E-state index in [1.54, 1.807) is 17.0 Å². The zero-order valence-corrected chi connectivity index (χ0v) is 22.2. The SMILES string of the molecule is C[C@@H]1CN([C@@H](C)CO)C(=O)c2cccc(NC(=O)C3CCNCC3)c2O[C@H]1CN(C)Cc1ccccc1. The number of nitrogens with one attached hydrogen (secondary N) is 2. The van der Waals surface area contributed by atoms with Crippen LogP contribution in [-0.4, -0.2) is 78.7 Å². The van der Waals surface area contributed by atoms with E-state index < -0.39 is 0 Å². The van der Waals surface area contributed by atoms with Gasteiger partial charge in [-0.15, -0.1) is 0 Å². The molecule has 4 rings (SSSR count). The quantitative estimate of drug-likeness (QED) is 0.508. The monoisotopic (exact) mass is 508 g/mol. The van der Waals surface area contributed by atoms with Gasteiger partial charge in [-0.25, -0.2) is 0 Å². The van der Waals surface area contributed by atoms with Crippen molar-refractivity contribution in [3.63, 3.8) is 0 Å². The fourth-order valence-corrected chi connectivity index (χ4v) is 5.15. The number of para-hydroxylation sites is 1. The van der Waals surface area contributed by atoms with Crippen molar-refractivity contribution in [1.29, 1.82) is 0 Å². The fourth-order valence-electron chi connectivity index (χ4n) is 5.15. The first-order valence-corrected chi connectivity index (χ1v) is 13.3. The Balaban J connectivity index is 1.63. The lowest BCUT2D eigenvalue weighted by Gasteiger charge is -2.38. The predicted molar refractivity (Wildman–Crippen MR) is 145 cm³/mol. The van der Waals surface area contributed by atoms with Crippen LogP contribution < -0.4 is 15.4 Å². The van der Waals surface area contributed by atoms with Gasteiger partial charge in [-0.3, -0.25) is 14.5 Å². The molecule has 200 valence electrons. The topological polar surface area (TPSA) is 94.1 Å². The number of hydrogen-bond donors (Lipinski definition) is 3. The maximum absolute atomic E-state index is 13.6. The average molecular weight is 509 g/mol. The summed E-state index contributed by atoms with van der Waals surface area (Å²) in [4.78, 5) is 30.7. The van der Waals surface area contributed by atoms with Crippen LogP contribution in [0.3, 0.4) is 0 Å². The van der Waals surface area contributed by atoms with E-state index in [0.717, 1.165) is 32.5 Å². The normalized spacial score (nSPS) is 21.5. The van der Waals surface area contributed by atoms with Crippen LogP contribution in [0.15, 0.2) is 48.5 Å². The smallest absolute Gasteiger partial charge is 0.258 e. The predicted octanol–water partition coefficient (Wildman–Crippen LogP) is 2.98. The van der Waals surface area contributed by atoms with Gasteiger partial charge in [0.15, 0.2) is 5.75 Å². The highest BCUT2D eigenvalue weighted by Crippen LogP contribution is 2.35. The number of aliphatic hydroxyl groups excluding tert-OH is 1. The molecule has 0 bridgehead atoms. The number of aliphatic hydroxyl groups is 1. The molecule has 2 heterocycles. The van der Waals surface area contributed by atoms with Gasteiger partial charge in [0.1, 0.15) is 6.10 Å². The molecule has 0 spiro atoms. The largest absolute Gasteiger partial charge is 0.486 e. The van der Waals surface area contributed by atoms with Crippen LogP contribution >= 0.6 is 0 Å². The minimum Gasteiger partial charge on any atom is -0.486 e. The first-order valence-electron chi connectivity index (χ1n) is 13.3. The van der Waals surface area contributed by atoms with Crippen molar-refractivity contribution in [2.24, 2.45) is 11.8 Å². The number of likely N-dealkylation sites (N-methyl/N-ethyl adjacent to an activating group) is 1. The molecular formula is C29H40N4O4. The lowest BCUT2D eigenvalue weighted by Crippen LogP contribution is -2.49. The van der Waals surface area contributed by atoms with Crippen LogP contribution in [0.1, 0.15) is 42.6 Å². The van der Waals surface area contributed by atoms with Gasteiger partial charge in [0.2, 0.25) is 5.91 Å². The number of anilines is 1. The van der Waals surface area contributed by atoms with Crippen molar-refractivity contribution in [3.8, 4) is 5.75 Å². The van der Waals surface area contributed by atoms with Gasteiger partial charge in [0, 0.05) is 31.5 Å². The maximum atomic E-state index is 13.6. The third kappa shape index (κ3) is 6.69. The zero-order valence-electron chi connectivity index (χ0n) is 22.2. The van der Waals surface area contributed by atoms with Crippen molar-refractivity contribution in [2.75, 3.05) is 45.2 Å². The molecule has 3 atom stereocenters. The minimum absolute atomic E-state index is 0.00231. The van der Waals surface area contributed by atoms with Crippen molar-refractivity contribution in [1.82, 2.24) is 15.1 Å². The molecule has 2 aliphatic rings. The molecule has 3 N–H and O–H groups in total. The summed E-state index contributed by atoms with van der Waals surface area (Å²) < 4.78 is 6.63. The maximum Gasteiger partial charge on any atom is 0.258 e. The number of nitrogens with zero attached hydrogens (tertiary/aromatic N) is 2. The van der Waals surface area contributed by atoms with E-state index in [-0.39, 0.29) is 42.4 Å². The third-order valence-electron chi connectivity index (χ3n) is 7.45. The second-order valence-electron chi connectivity index (χ2n) is 10.5. The van der Waals surface area contributed by atoms with Crippen LogP contribution in [0.2, 0.25) is 0 Å². The van der Waals surface area contributed by atoms with Gasteiger partial charge in [-0.1, -0.05) is 43.3 Å². The van der Waals surface area contributed by atoms with E-state index in [4.69, 9.17) is 4.74 Å². The second-order valence-corrected chi connectivity index (χ2v) is 10.5. The molecule has 1 fully saturated rings. The Kier molecular flexibility index (Phi) is 9.18. The Labute approximate surface area is 220 Å². The number of rotatable bonds is 8. The number of benzene rings is 2. The van der Waals surface area contributed by atoms with Crippen LogP contribution in [0.25, 0.3) is 0 Å². The Bertz CT molecular complexity index is 1060. The van der Waals surface area contributed by atoms with E-state index in [2.05, 4.69) is 41.6 Å². The summed E-state index contributed by atoms with van der Waals surface area (Å²) >= 11 is 0. The summed E-state index contributed by atoms with van der Waals surface area (Å²) in [5.74, 6) is 0.0999. The number of fused-ring (bicyclic) bond motifs is 1. The van der Waals surface area contributed by atoms with Crippen molar-refractivity contribution < 1.29 is 19.4 Å². The van der Waals surface area contributed by atoms with E-state index in [1.807, 2.05) is 31.2 Å². The zero-order chi connectivity index (χ0) is 26.4. The van der Waals surface area contributed by atoms with E-state index in [9.17, 15) is 14.7 Å². The average Bonchev–Trinajstić information content (AvgIpc) is 2.91. The number of amides is 2. The van der Waals surface area contributed by atoms with Crippen LogP contribution in [0.4, 0.5) is 5.69 Å². The summed E-state index contributed by atoms with van der Waals surface area (Å²) in [6.07, 6.45) is 1.34. The Morgan fingerprint density at radius 1 is 1.19 bits per heavy atom. The minimum atomic E-state index is -0.336. The highest BCUT2D eigenvalue weighted by atomic mass is 16.5. The van der Waals surface area contributed by atoms with Gasteiger partial charge in [0.25, 0.3) is 5.91 Å². The van der Waals surface area contributed by atoms with Gasteiger partial charge < -0.3 is 25.4 Å². The highest BCUT2D eigenvalue weighted by Gasteiger charge is 2.35. The third-order valence-corrected chi connectivity index (χ3v) is 7.45. The van der Waals surface area contributed by atoms with E-state index >= 15 is 0 Å². The fraction of sp³-hybridized carbons (Fsp3) is 0.517. The number of hydrogen-bond acceptors (Lipinski definition) is 6. The Morgan fingerprint density at radius 2 is 1.92 bits per heavy atom. The molecule has 2 amide bonds. The van der Waals surface area contributed by atoms with E-state index in [1.165, 1.54) is 5.56 Å². The molecule has 0 aromatic heterocycles. The molecule has 0 saturated carbocycles. The van der Waals surface area contributed by atoms with Gasteiger partial charge in [-0.2, -0.15) is 0 Å². The van der Waals surface area contributed by atoms with Crippen molar-refractivity contribution in [3.05, 3.63) is 59.7 Å². The summed E-state index contributed by atoms with van der Waals surface area (Å²) in [6, 6.07) is 15.3. The number of carbonyl (C=O) groups excluding carboxylic acids is 2. The molecule has 8 heteroatoms. The highest BCUT2D eigenvalue weighted by molar-refractivity contribution is 6.02. The van der Waals surface area contributed by atoms with Crippen LogP contribution in [0.5, 0.6) is 5.75 Å². The Hall–Kier alpha value is -2.94. The summed E-state index contributed by atoms with van der Waals surface area (Å²) in [7, 11) is 2.06. The molecule has 0 unspecified atom stereocenters. The first-order chi connectivity index (χ1) is 17.9. The second kappa shape index (κ2) is 12.5. The standard InChI is InChI=1S/C29H40N4O4/c1-20-16-33(21(2)19-34)29(36)24-10-7-11-25(31-28(35)23-12-14-30-15-13-23)27(24)37-26(20)18-32(3)17-22-8-5-4-6-9-22/h4-11,20-21,23,26,30,34H,12-19H2,1-3H3,(H,31,35)/t20-,21+,26+/m1/s1. The Morgan fingerprint density at radius 3 is 2.62 bits per heavy atom. The first kappa shape index (κ1) is 27.1. The number of carbonyl (C=O) groups is 2. The summed E-state index contributed by atoms with van der Waals surface area (Å²) in [5, 5.41) is 16.3. The molecule has 2 aliphatic heterocycles. The molecular weight excluding hydrogens is 468 g/mol. The van der Waals surface area contributed by atoms with E-state index in [0.29, 0.717) is 30.1 Å². The molecule has 1 saturated heterocycles. The number of piperidine rings is 1. The van der Waals surface area contributed by atoms with Crippen molar-refractivity contribution in [2.45, 2.75) is 45.4 Å². The van der Waals surface area contributed by atoms with Gasteiger partial charge >= 0.3 is 0 Å². The van der Waals surface area contributed by atoms with Crippen molar-refractivity contribution >= 4 is 17.5 Å². The summed E-state index contributed by atoms with van der Waals surface area (Å²) in [6.45, 7) is 7.32. The molecule has 2 aromatic rings. The van der Waals surface area contributed by atoms with Crippen LogP contribution in [-0.2, 0) is 11.3 Å². The lowest BCUT2D eigenvalue weighted by molar-refractivity contribution is -0.120. The molecule has 2 aromatic carbocycles. The number of ether oxygens (including phenoxy) is 1. The lowest BCUT2D eigenvalue weighted by atomic mass is 9.96.